The summed E-state index contributed by atoms with van der Waals surface area (Å²) < 4.78 is 17.5. The molecule has 0 aromatic heterocycles. The molecule has 15 heavy (non-hydrogen) atoms. The van der Waals surface area contributed by atoms with Gasteiger partial charge in [-0.15, -0.1) is 0 Å². The maximum Gasteiger partial charge on any atom is 0.269 e. The lowest BCUT2D eigenvalue weighted by atomic mass is 10.0. The summed E-state index contributed by atoms with van der Waals surface area (Å²) in [5, 5.41) is 10.5. The lowest BCUT2D eigenvalue weighted by molar-refractivity contribution is -0.385. The molecule has 0 amide bonds. The van der Waals surface area contributed by atoms with Gasteiger partial charge in [-0.05, 0) is 6.07 Å². The molecule has 0 aliphatic heterocycles. The van der Waals surface area contributed by atoms with Gasteiger partial charge in [-0.25, -0.2) is 0 Å². The average Bonchev–Trinajstić information content (AvgIpc) is 2.27. The molecular formula is C10H12FNO3. The van der Waals surface area contributed by atoms with Crippen LogP contribution >= 0.6 is 0 Å². The Morgan fingerprint density at radius 1 is 1.60 bits per heavy atom. The zero-order valence-corrected chi connectivity index (χ0v) is 8.57. The third kappa shape index (κ3) is 2.43. The van der Waals surface area contributed by atoms with Crippen molar-refractivity contribution >= 4 is 5.69 Å². The maximum atomic E-state index is 12.5. The zero-order chi connectivity index (χ0) is 11.4. The van der Waals surface area contributed by atoms with Crippen LogP contribution in [0.3, 0.4) is 0 Å². The molecule has 0 spiro atoms. The molecule has 0 saturated carbocycles. The van der Waals surface area contributed by atoms with Crippen molar-refractivity contribution in [3.63, 3.8) is 0 Å². The molecule has 82 valence electrons. The Morgan fingerprint density at radius 2 is 2.27 bits per heavy atom. The monoisotopic (exact) mass is 213 g/mol. The van der Waals surface area contributed by atoms with E-state index in [1.54, 1.807) is 6.92 Å². The molecule has 1 rings (SSSR count). The van der Waals surface area contributed by atoms with Gasteiger partial charge in [0.15, 0.2) is 0 Å². The summed E-state index contributed by atoms with van der Waals surface area (Å²) in [6, 6.07) is 4.18. The zero-order valence-electron chi connectivity index (χ0n) is 8.57. The number of methoxy groups -OCH3 is 1. The highest BCUT2D eigenvalue weighted by Gasteiger charge is 2.16. The fraction of sp³-hybridized carbons (Fsp3) is 0.400. The summed E-state index contributed by atoms with van der Waals surface area (Å²) in [6.45, 7) is 1.08. The number of alkyl halides is 1. The molecule has 1 aromatic rings. The molecule has 0 saturated heterocycles. The van der Waals surface area contributed by atoms with Crippen molar-refractivity contribution in [3.8, 4) is 5.75 Å². The van der Waals surface area contributed by atoms with E-state index in [2.05, 4.69) is 0 Å². The SMILES string of the molecule is COc1ccc([N+](=O)[O-])cc1C(C)CF. The van der Waals surface area contributed by atoms with Crippen LogP contribution in [0.5, 0.6) is 5.75 Å². The normalized spacial score (nSPS) is 12.2. The van der Waals surface area contributed by atoms with Gasteiger partial charge in [-0.2, -0.15) is 0 Å². The van der Waals surface area contributed by atoms with Crippen LogP contribution in [0, 0.1) is 10.1 Å². The second kappa shape index (κ2) is 4.72. The molecule has 0 N–H and O–H groups in total. The number of nitro groups is 1. The van der Waals surface area contributed by atoms with E-state index < -0.39 is 17.5 Å². The van der Waals surface area contributed by atoms with Gasteiger partial charge < -0.3 is 4.74 Å². The number of benzene rings is 1. The second-order valence-corrected chi connectivity index (χ2v) is 3.24. The average molecular weight is 213 g/mol. The van der Waals surface area contributed by atoms with Gasteiger partial charge in [-0.3, -0.25) is 14.5 Å². The lowest BCUT2D eigenvalue weighted by Crippen LogP contribution is -2.00. The van der Waals surface area contributed by atoms with Crippen molar-refractivity contribution in [2.24, 2.45) is 0 Å². The molecule has 1 unspecified atom stereocenters. The molecule has 0 aliphatic rings. The quantitative estimate of drug-likeness (QED) is 0.570. The molecule has 0 heterocycles. The number of non-ortho nitro benzene ring substituents is 1. The summed E-state index contributed by atoms with van der Waals surface area (Å²) in [7, 11) is 1.45. The Morgan fingerprint density at radius 3 is 2.73 bits per heavy atom. The Hall–Kier alpha value is -1.65. The van der Waals surface area contributed by atoms with Crippen LogP contribution in [-0.2, 0) is 0 Å². The summed E-state index contributed by atoms with van der Waals surface area (Å²) in [4.78, 5) is 10.0. The van der Waals surface area contributed by atoms with Crippen molar-refractivity contribution in [2.45, 2.75) is 12.8 Å². The third-order valence-corrected chi connectivity index (χ3v) is 2.19. The number of nitrogens with zero attached hydrogens (tertiary/aromatic N) is 1. The second-order valence-electron chi connectivity index (χ2n) is 3.24. The topological polar surface area (TPSA) is 52.4 Å². The molecule has 1 aromatic carbocycles. The van der Waals surface area contributed by atoms with E-state index >= 15 is 0 Å². The van der Waals surface area contributed by atoms with E-state index in [4.69, 9.17) is 4.74 Å². The predicted octanol–water partition coefficient (Wildman–Crippen LogP) is 2.68. The number of rotatable bonds is 4. The Balaban J connectivity index is 3.18. The Bertz CT molecular complexity index is 368. The lowest BCUT2D eigenvalue weighted by Gasteiger charge is -2.11. The smallest absolute Gasteiger partial charge is 0.269 e. The van der Waals surface area contributed by atoms with Crippen molar-refractivity contribution in [1.29, 1.82) is 0 Å². The van der Waals surface area contributed by atoms with Gasteiger partial charge >= 0.3 is 0 Å². The summed E-state index contributed by atoms with van der Waals surface area (Å²) >= 11 is 0. The predicted molar refractivity (Wildman–Crippen MR) is 54.0 cm³/mol. The first kappa shape index (κ1) is 11.4. The van der Waals surface area contributed by atoms with Gasteiger partial charge in [0.2, 0.25) is 0 Å². The van der Waals surface area contributed by atoms with Gasteiger partial charge in [0.05, 0.1) is 18.7 Å². The van der Waals surface area contributed by atoms with Crippen molar-refractivity contribution in [3.05, 3.63) is 33.9 Å². The number of hydrogen-bond donors (Lipinski definition) is 0. The van der Waals surface area contributed by atoms with Crippen LogP contribution in [0.25, 0.3) is 0 Å². The van der Waals surface area contributed by atoms with Gasteiger partial charge in [0, 0.05) is 23.6 Å². The Kier molecular flexibility index (Phi) is 3.60. The minimum atomic E-state index is -0.572. The first-order valence-electron chi connectivity index (χ1n) is 4.48. The van der Waals surface area contributed by atoms with Crippen molar-refractivity contribution in [1.82, 2.24) is 0 Å². The Labute approximate surface area is 86.8 Å². The van der Waals surface area contributed by atoms with Crippen LogP contribution in [0.4, 0.5) is 10.1 Å². The highest BCUT2D eigenvalue weighted by molar-refractivity contribution is 5.45. The number of nitro benzene ring substituents is 1. The maximum absolute atomic E-state index is 12.5. The molecule has 0 aliphatic carbocycles. The molecular weight excluding hydrogens is 201 g/mol. The van der Waals surface area contributed by atoms with Gasteiger partial charge in [0.25, 0.3) is 5.69 Å². The molecule has 1 atom stereocenters. The number of hydrogen-bond acceptors (Lipinski definition) is 3. The van der Waals surface area contributed by atoms with Crippen LogP contribution in [-0.4, -0.2) is 18.7 Å². The highest BCUT2D eigenvalue weighted by atomic mass is 19.1. The van der Waals surface area contributed by atoms with Crippen LogP contribution in [0.15, 0.2) is 18.2 Å². The summed E-state index contributed by atoms with van der Waals surface area (Å²) in [5.41, 5.74) is 0.473. The summed E-state index contributed by atoms with van der Waals surface area (Å²) in [5.74, 6) is 0.0746. The van der Waals surface area contributed by atoms with Crippen LogP contribution in [0.2, 0.25) is 0 Å². The fourth-order valence-electron chi connectivity index (χ4n) is 1.30. The van der Waals surface area contributed by atoms with E-state index in [0.717, 1.165) is 0 Å². The fourth-order valence-corrected chi connectivity index (χ4v) is 1.30. The molecule has 0 radical (unpaired) electrons. The van der Waals surface area contributed by atoms with E-state index in [1.807, 2.05) is 0 Å². The number of ether oxygens (including phenoxy) is 1. The number of halogens is 1. The van der Waals surface area contributed by atoms with E-state index in [0.29, 0.717) is 11.3 Å². The van der Waals surface area contributed by atoms with Gasteiger partial charge in [0.1, 0.15) is 5.75 Å². The largest absolute Gasteiger partial charge is 0.496 e. The van der Waals surface area contributed by atoms with Gasteiger partial charge in [-0.1, -0.05) is 6.92 Å². The van der Waals surface area contributed by atoms with Crippen molar-refractivity contribution < 1.29 is 14.1 Å². The highest BCUT2D eigenvalue weighted by Crippen LogP contribution is 2.30. The minimum absolute atomic E-state index is 0.0499. The van der Waals surface area contributed by atoms with Crippen LogP contribution < -0.4 is 4.74 Å². The van der Waals surface area contributed by atoms with E-state index in [-0.39, 0.29) is 5.69 Å². The first-order chi connectivity index (χ1) is 7.10. The van der Waals surface area contributed by atoms with Crippen molar-refractivity contribution in [2.75, 3.05) is 13.8 Å². The van der Waals surface area contributed by atoms with E-state index in [1.165, 1.54) is 25.3 Å². The standard InChI is InChI=1S/C10H12FNO3/c1-7(6-11)9-5-8(12(13)14)3-4-10(9)15-2/h3-5,7H,6H2,1-2H3. The minimum Gasteiger partial charge on any atom is -0.496 e. The summed E-state index contributed by atoms with van der Waals surface area (Å²) in [6.07, 6.45) is 0. The van der Waals surface area contributed by atoms with E-state index in [9.17, 15) is 14.5 Å². The molecule has 0 bridgehead atoms. The molecule has 4 nitrogen and oxygen atoms in total. The van der Waals surface area contributed by atoms with Crippen LogP contribution in [0.1, 0.15) is 18.4 Å². The molecule has 5 heteroatoms. The third-order valence-electron chi connectivity index (χ3n) is 2.19. The molecule has 0 fully saturated rings. The first-order valence-corrected chi connectivity index (χ1v) is 4.48.